The van der Waals surface area contributed by atoms with Crippen LogP contribution >= 0.6 is 11.6 Å². The van der Waals surface area contributed by atoms with Crippen molar-refractivity contribution in [1.29, 1.82) is 0 Å². The highest BCUT2D eigenvalue weighted by Crippen LogP contribution is 2.21. The van der Waals surface area contributed by atoms with Crippen LogP contribution < -0.4 is 4.74 Å². The highest BCUT2D eigenvalue weighted by molar-refractivity contribution is 6.17. The van der Waals surface area contributed by atoms with Crippen LogP contribution in [-0.2, 0) is 10.6 Å². The second kappa shape index (κ2) is 7.23. The molecule has 4 nitrogen and oxygen atoms in total. The molecule has 1 fully saturated rings. The maximum Gasteiger partial charge on any atom is 0.410 e. The molecule has 0 atom stereocenters. The molecule has 0 N–H and O–H groups in total. The molecule has 1 aliphatic heterocycles. The number of carbonyl (C=O) groups is 1. The number of nitrogens with zero attached hydrogens (tertiary/aromatic N) is 1. The lowest BCUT2D eigenvalue weighted by molar-refractivity contribution is 0.0126. The van der Waals surface area contributed by atoms with Crippen LogP contribution in [0.15, 0.2) is 24.3 Å². The molecular weight excluding hydrogens is 302 g/mol. The Kier molecular flexibility index (Phi) is 5.57. The Labute approximate surface area is 137 Å². The summed E-state index contributed by atoms with van der Waals surface area (Å²) >= 11 is 5.77. The van der Waals surface area contributed by atoms with Gasteiger partial charge >= 0.3 is 6.09 Å². The smallest absolute Gasteiger partial charge is 0.410 e. The lowest BCUT2D eigenvalue weighted by Gasteiger charge is -2.33. The molecule has 5 heteroatoms. The van der Waals surface area contributed by atoms with E-state index in [9.17, 15) is 4.79 Å². The fourth-order valence-electron chi connectivity index (χ4n) is 2.33. The first-order valence-corrected chi connectivity index (χ1v) is 8.20. The molecule has 1 saturated heterocycles. The quantitative estimate of drug-likeness (QED) is 0.782. The number of benzene rings is 1. The monoisotopic (exact) mass is 325 g/mol. The Morgan fingerprint density at radius 1 is 1.23 bits per heavy atom. The van der Waals surface area contributed by atoms with Crippen molar-refractivity contribution in [3.8, 4) is 5.75 Å². The summed E-state index contributed by atoms with van der Waals surface area (Å²) < 4.78 is 11.4. The van der Waals surface area contributed by atoms with Gasteiger partial charge in [0.05, 0.1) is 0 Å². The Balaban J connectivity index is 1.80. The summed E-state index contributed by atoms with van der Waals surface area (Å²) in [5.41, 5.74) is 0.628. The number of carbonyl (C=O) groups excluding carboxylic acids is 1. The van der Waals surface area contributed by atoms with Gasteiger partial charge in [-0.3, -0.25) is 0 Å². The Morgan fingerprint density at radius 2 is 1.82 bits per heavy atom. The van der Waals surface area contributed by atoms with Gasteiger partial charge in [0.2, 0.25) is 0 Å². The average molecular weight is 326 g/mol. The number of hydrogen-bond acceptors (Lipinski definition) is 3. The maximum absolute atomic E-state index is 12.0. The molecular formula is C17H24ClNO3. The zero-order valence-electron chi connectivity index (χ0n) is 13.5. The predicted octanol–water partition coefficient (Wildman–Crippen LogP) is 4.20. The fourth-order valence-corrected chi connectivity index (χ4v) is 2.51. The van der Waals surface area contributed by atoms with E-state index < -0.39 is 5.60 Å². The lowest BCUT2D eigenvalue weighted by Crippen LogP contribution is -2.44. The summed E-state index contributed by atoms with van der Waals surface area (Å²) in [4.78, 5) is 13.8. The van der Waals surface area contributed by atoms with E-state index in [1.165, 1.54) is 0 Å². The number of hydrogen-bond donors (Lipinski definition) is 0. The summed E-state index contributed by atoms with van der Waals surface area (Å²) in [7, 11) is 0. The van der Waals surface area contributed by atoms with E-state index >= 15 is 0 Å². The maximum atomic E-state index is 12.0. The van der Waals surface area contributed by atoms with Crippen molar-refractivity contribution in [3.05, 3.63) is 29.8 Å². The summed E-state index contributed by atoms with van der Waals surface area (Å²) in [5.74, 6) is 1.36. The minimum atomic E-state index is -0.450. The minimum Gasteiger partial charge on any atom is -0.490 e. The number of ether oxygens (including phenoxy) is 2. The zero-order chi connectivity index (χ0) is 16.2. The van der Waals surface area contributed by atoms with E-state index in [1.807, 2.05) is 45.0 Å². The molecule has 122 valence electrons. The average Bonchev–Trinajstić information content (AvgIpc) is 2.47. The molecule has 0 bridgehead atoms. The largest absolute Gasteiger partial charge is 0.490 e. The molecule has 2 rings (SSSR count). The van der Waals surface area contributed by atoms with Crippen LogP contribution in [0.1, 0.15) is 39.2 Å². The second-order valence-corrected chi connectivity index (χ2v) is 6.83. The Morgan fingerprint density at radius 3 is 2.32 bits per heavy atom. The van der Waals surface area contributed by atoms with Crippen LogP contribution in [0.5, 0.6) is 5.75 Å². The van der Waals surface area contributed by atoms with Gasteiger partial charge < -0.3 is 14.4 Å². The Bertz CT molecular complexity index is 488. The zero-order valence-corrected chi connectivity index (χ0v) is 14.2. The van der Waals surface area contributed by atoms with Crippen LogP contribution in [0.2, 0.25) is 0 Å². The first-order chi connectivity index (χ1) is 10.4. The van der Waals surface area contributed by atoms with Gasteiger partial charge in [0.15, 0.2) is 0 Å². The number of rotatable bonds is 3. The third-order valence-electron chi connectivity index (χ3n) is 3.47. The summed E-state index contributed by atoms with van der Waals surface area (Å²) in [6.07, 6.45) is 1.53. The van der Waals surface area contributed by atoms with Crippen LogP contribution in [0, 0.1) is 0 Å². The van der Waals surface area contributed by atoms with Crippen LogP contribution in [0.25, 0.3) is 0 Å². The molecule has 1 aromatic carbocycles. The van der Waals surface area contributed by atoms with Gasteiger partial charge in [0.1, 0.15) is 17.5 Å². The molecule has 22 heavy (non-hydrogen) atoms. The molecule has 0 radical (unpaired) electrons. The predicted molar refractivity (Wildman–Crippen MR) is 87.5 cm³/mol. The SMILES string of the molecule is CC(C)(C)OC(=O)N1CCC(Oc2ccc(CCl)cc2)CC1. The molecule has 1 aliphatic rings. The lowest BCUT2D eigenvalue weighted by atomic mass is 10.1. The topological polar surface area (TPSA) is 38.8 Å². The van der Waals surface area contributed by atoms with Crippen LogP contribution in [0.3, 0.4) is 0 Å². The third kappa shape index (κ3) is 5.09. The second-order valence-electron chi connectivity index (χ2n) is 6.56. The normalized spacial score (nSPS) is 16.5. The van der Waals surface area contributed by atoms with E-state index in [1.54, 1.807) is 4.90 Å². The number of amides is 1. The highest BCUT2D eigenvalue weighted by atomic mass is 35.5. The Hall–Kier alpha value is -1.42. The van der Waals surface area contributed by atoms with E-state index in [-0.39, 0.29) is 12.2 Å². The minimum absolute atomic E-state index is 0.139. The number of likely N-dealkylation sites (tertiary alicyclic amines) is 1. The van der Waals surface area contributed by atoms with Gasteiger partial charge in [-0.2, -0.15) is 0 Å². The molecule has 1 aromatic rings. The molecule has 1 heterocycles. The first kappa shape index (κ1) is 16.9. The fraction of sp³-hybridized carbons (Fsp3) is 0.588. The molecule has 1 amide bonds. The summed E-state index contributed by atoms with van der Waals surface area (Å²) in [6, 6.07) is 7.83. The summed E-state index contributed by atoms with van der Waals surface area (Å²) in [6.45, 7) is 6.97. The molecule has 0 saturated carbocycles. The van der Waals surface area contributed by atoms with E-state index in [2.05, 4.69) is 0 Å². The van der Waals surface area contributed by atoms with Crippen molar-refractivity contribution in [1.82, 2.24) is 4.90 Å². The van der Waals surface area contributed by atoms with Crippen molar-refractivity contribution in [2.45, 2.75) is 51.2 Å². The van der Waals surface area contributed by atoms with Gasteiger partial charge in [0, 0.05) is 31.8 Å². The van der Waals surface area contributed by atoms with Gasteiger partial charge in [-0.25, -0.2) is 4.79 Å². The number of piperidine rings is 1. The van der Waals surface area contributed by atoms with Crippen LogP contribution in [-0.4, -0.2) is 35.8 Å². The third-order valence-corrected chi connectivity index (χ3v) is 3.78. The molecule has 0 aromatic heterocycles. The van der Waals surface area contributed by atoms with Crippen molar-refractivity contribution in [2.24, 2.45) is 0 Å². The van der Waals surface area contributed by atoms with Gasteiger partial charge in [-0.1, -0.05) is 12.1 Å². The molecule has 0 spiro atoms. The number of alkyl halides is 1. The van der Waals surface area contributed by atoms with Crippen molar-refractivity contribution in [2.75, 3.05) is 13.1 Å². The van der Waals surface area contributed by atoms with Crippen molar-refractivity contribution < 1.29 is 14.3 Å². The standard InChI is InChI=1S/C17H24ClNO3/c1-17(2,3)22-16(20)19-10-8-15(9-11-19)21-14-6-4-13(12-18)5-7-14/h4-7,15H,8-12H2,1-3H3. The first-order valence-electron chi connectivity index (χ1n) is 7.67. The van der Waals surface area contributed by atoms with E-state index in [0.29, 0.717) is 19.0 Å². The van der Waals surface area contributed by atoms with Gasteiger partial charge in [-0.05, 0) is 38.5 Å². The number of halogens is 1. The summed E-state index contributed by atoms with van der Waals surface area (Å²) in [5, 5.41) is 0. The van der Waals surface area contributed by atoms with Crippen molar-refractivity contribution >= 4 is 17.7 Å². The van der Waals surface area contributed by atoms with Crippen molar-refractivity contribution in [3.63, 3.8) is 0 Å². The molecule has 0 aliphatic carbocycles. The van der Waals surface area contributed by atoms with E-state index in [0.717, 1.165) is 24.2 Å². The van der Waals surface area contributed by atoms with E-state index in [4.69, 9.17) is 21.1 Å². The highest BCUT2D eigenvalue weighted by Gasteiger charge is 2.27. The van der Waals surface area contributed by atoms with Crippen LogP contribution in [0.4, 0.5) is 4.79 Å². The molecule has 0 unspecified atom stereocenters. The van der Waals surface area contributed by atoms with Gasteiger partial charge in [0.25, 0.3) is 0 Å². The van der Waals surface area contributed by atoms with Gasteiger partial charge in [-0.15, -0.1) is 11.6 Å².